The molecule has 2 amide bonds. The largest absolute Gasteiger partial charge is 0.369 e. The second-order valence-electron chi connectivity index (χ2n) is 7.92. The number of anilines is 2. The van der Waals surface area contributed by atoms with Gasteiger partial charge in [-0.3, -0.25) is 15.1 Å². The van der Waals surface area contributed by atoms with Crippen molar-refractivity contribution in [3.63, 3.8) is 0 Å². The Bertz CT molecular complexity index is 1100. The molecule has 0 radical (unpaired) electrons. The second-order valence-corrected chi connectivity index (χ2v) is 7.92. The van der Waals surface area contributed by atoms with Gasteiger partial charge in [-0.05, 0) is 56.0 Å². The van der Waals surface area contributed by atoms with Gasteiger partial charge in [0, 0.05) is 37.6 Å². The van der Waals surface area contributed by atoms with Crippen LogP contribution in [0.2, 0.25) is 0 Å². The lowest BCUT2D eigenvalue weighted by Gasteiger charge is -2.34. The first kappa shape index (κ1) is 20.6. The van der Waals surface area contributed by atoms with Crippen LogP contribution in [-0.4, -0.2) is 35.6 Å². The Balaban J connectivity index is 1.42. The van der Waals surface area contributed by atoms with Gasteiger partial charge >= 0.3 is 6.03 Å². The van der Waals surface area contributed by atoms with Crippen molar-refractivity contribution in [1.29, 1.82) is 0 Å². The molecule has 1 unspecified atom stereocenters. The van der Waals surface area contributed by atoms with Gasteiger partial charge in [-0.15, -0.1) is 0 Å². The van der Waals surface area contributed by atoms with Crippen LogP contribution in [0.15, 0.2) is 54.7 Å². The number of urea groups is 1. The summed E-state index contributed by atoms with van der Waals surface area (Å²) in [5.41, 5.74) is 3.51. The van der Waals surface area contributed by atoms with Crippen molar-refractivity contribution < 1.29 is 9.72 Å². The topological polar surface area (TPSA) is 100 Å². The number of nitro groups is 1. The molecule has 8 nitrogen and oxygen atoms in total. The fourth-order valence-corrected chi connectivity index (χ4v) is 4.06. The lowest BCUT2D eigenvalue weighted by atomic mass is 9.97. The quantitative estimate of drug-likeness (QED) is 0.469. The van der Waals surface area contributed by atoms with Crippen molar-refractivity contribution in [2.24, 2.45) is 5.92 Å². The van der Waals surface area contributed by atoms with E-state index in [4.69, 9.17) is 0 Å². The number of hydrogen-bond acceptors (Lipinski definition) is 5. The van der Waals surface area contributed by atoms with Crippen molar-refractivity contribution in [3.05, 3.63) is 70.4 Å². The molecular formula is C23H25N5O3. The molecule has 2 N–H and O–H groups in total. The highest BCUT2D eigenvalue weighted by atomic mass is 16.6. The van der Waals surface area contributed by atoms with Crippen LogP contribution in [0.3, 0.4) is 0 Å². The van der Waals surface area contributed by atoms with E-state index in [2.05, 4.69) is 20.5 Å². The number of aromatic nitrogens is 1. The van der Waals surface area contributed by atoms with E-state index in [1.54, 1.807) is 30.5 Å². The molecule has 0 saturated carbocycles. The lowest BCUT2D eigenvalue weighted by Crippen LogP contribution is -2.42. The molecule has 0 bridgehead atoms. The number of carbonyl (C=O) groups excluding carboxylic acids is 1. The van der Waals surface area contributed by atoms with Gasteiger partial charge in [0.1, 0.15) is 5.52 Å². The summed E-state index contributed by atoms with van der Waals surface area (Å²) in [6.07, 6.45) is 3.66. The number of amides is 2. The number of carbonyl (C=O) groups is 1. The molecule has 1 aliphatic heterocycles. The highest BCUT2D eigenvalue weighted by Gasteiger charge is 2.24. The molecule has 1 atom stereocenters. The predicted molar refractivity (Wildman–Crippen MR) is 122 cm³/mol. The number of benzene rings is 2. The lowest BCUT2D eigenvalue weighted by molar-refractivity contribution is -0.383. The molecule has 0 spiro atoms. The van der Waals surface area contributed by atoms with Crippen LogP contribution in [0, 0.1) is 23.0 Å². The summed E-state index contributed by atoms with van der Waals surface area (Å²) in [6, 6.07) is 14.2. The summed E-state index contributed by atoms with van der Waals surface area (Å²) < 4.78 is 0. The van der Waals surface area contributed by atoms with Crippen LogP contribution in [0.25, 0.3) is 10.9 Å². The van der Waals surface area contributed by atoms with Crippen LogP contribution < -0.4 is 15.5 Å². The van der Waals surface area contributed by atoms with Gasteiger partial charge in [0.05, 0.1) is 16.0 Å². The number of piperidine rings is 1. The zero-order valence-corrected chi connectivity index (χ0v) is 17.4. The average molecular weight is 419 g/mol. The molecule has 1 aliphatic rings. The van der Waals surface area contributed by atoms with Gasteiger partial charge in [-0.1, -0.05) is 17.7 Å². The van der Waals surface area contributed by atoms with Crippen molar-refractivity contribution in [1.82, 2.24) is 10.3 Å². The monoisotopic (exact) mass is 419 g/mol. The van der Waals surface area contributed by atoms with Crippen molar-refractivity contribution in [2.45, 2.75) is 19.8 Å². The number of nitrogens with one attached hydrogen (secondary N) is 2. The van der Waals surface area contributed by atoms with Gasteiger partial charge in [-0.2, -0.15) is 0 Å². The molecule has 1 saturated heterocycles. The molecule has 160 valence electrons. The Morgan fingerprint density at radius 1 is 1.23 bits per heavy atom. The minimum Gasteiger partial charge on any atom is -0.369 e. The summed E-state index contributed by atoms with van der Waals surface area (Å²) in [6.45, 7) is 4.18. The van der Waals surface area contributed by atoms with Crippen LogP contribution in [0.1, 0.15) is 18.4 Å². The highest BCUT2D eigenvalue weighted by Crippen LogP contribution is 2.34. The van der Waals surface area contributed by atoms with Gasteiger partial charge in [-0.25, -0.2) is 4.79 Å². The minimum absolute atomic E-state index is 0.0647. The van der Waals surface area contributed by atoms with Crippen LogP contribution in [-0.2, 0) is 0 Å². The van der Waals surface area contributed by atoms with E-state index < -0.39 is 0 Å². The summed E-state index contributed by atoms with van der Waals surface area (Å²) in [5.74, 6) is 0.284. The molecular weight excluding hydrogens is 394 g/mol. The minimum atomic E-state index is -0.372. The third-order valence-corrected chi connectivity index (χ3v) is 5.64. The van der Waals surface area contributed by atoms with E-state index in [-0.39, 0.29) is 22.6 Å². The predicted octanol–water partition coefficient (Wildman–Crippen LogP) is 4.49. The van der Waals surface area contributed by atoms with Crippen molar-refractivity contribution in [2.75, 3.05) is 29.9 Å². The average Bonchev–Trinajstić information content (AvgIpc) is 2.78. The van der Waals surface area contributed by atoms with Crippen LogP contribution in [0.5, 0.6) is 0 Å². The maximum absolute atomic E-state index is 12.3. The van der Waals surface area contributed by atoms with E-state index in [1.807, 2.05) is 31.2 Å². The summed E-state index contributed by atoms with van der Waals surface area (Å²) >= 11 is 0. The summed E-state index contributed by atoms with van der Waals surface area (Å²) in [5, 5.41) is 17.7. The number of non-ortho nitro benzene ring substituents is 1. The van der Waals surface area contributed by atoms with E-state index >= 15 is 0 Å². The standard InChI is InChI=1S/C23H25N5O3/c1-16-6-8-18(9-7-16)26-23(29)25-14-17-4-3-13-27(15-17)21-11-10-20(28(30)31)19-5-2-12-24-22(19)21/h2,5-12,17H,3-4,13-15H2,1H3,(H2,25,26,29). The molecule has 31 heavy (non-hydrogen) atoms. The van der Waals surface area contributed by atoms with E-state index in [0.29, 0.717) is 17.4 Å². The Morgan fingerprint density at radius 3 is 2.81 bits per heavy atom. The highest BCUT2D eigenvalue weighted by molar-refractivity contribution is 5.97. The first-order valence-electron chi connectivity index (χ1n) is 10.4. The van der Waals surface area contributed by atoms with E-state index in [0.717, 1.165) is 42.9 Å². The van der Waals surface area contributed by atoms with Crippen LogP contribution in [0.4, 0.5) is 21.9 Å². The zero-order valence-electron chi connectivity index (χ0n) is 17.4. The maximum Gasteiger partial charge on any atom is 0.319 e. The zero-order chi connectivity index (χ0) is 21.8. The fraction of sp³-hybridized carbons (Fsp3) is 0.304. The molecule has 8 heteroatoms. The summed E-state index contributed by atoms with van der Waals surface area (Å²) in [4.78, 5) is 29.9. The molecule has 3 aromatic rings. The SMILES string of the molecule is Cc1ccc(NC(=O)NCC2CCCN(c3ccc([N+](=O)[O-])c4cccnc34)C2)cc1. The Morgan fingerprint density at radius 2 is 2.03 bits per heavy atom. The normalized spacial score (nSPS) is 16.2. The smallest absolute Gasteiger partial charge is 0.319 e. The Labute approximate surface area is 180 Å². The van der Waals surface area contributed by atoms with Gasteiger partial charge in [0.15, 0.2) is 0 Å². The molecule has 2 aromatic carbocycles. The number of hydrogen-bond donors (Lipinski definition) is 2. The number of aryl methyl sites for hydroxylation is 1. The molecule has 1 aromatic heterocycles. The number of rotatable bonds is 5. The third kappa shape index (κ3) is 4.74. The van der Waals surface area contributed by atoms with Crippen molar-refractivity contribution in [3.8, 4) is 0 Å². The van der Waals surface area contributed by atoms with Gasteiger partial charge in [0.25, 0.3) is 5.69 Å². The van der Waals surface area contributed by atoms with Gasteiger partial charge in [0.2, 0.25) is 0 Å². The maximum atomic E-state index is 12.3. The van der Waals surface area contributed by atoms with E-state index in [9.17, 15) is 14.9 Å². The molecule has 0 aliphatic carbocycles. The number of pyridine rings is 1. The first-order chi connectivity index (χ1) is 15.0. The fourth-order valence-electron chi connectivity index (χ4n) is 4.06. The van der Waals surface area contributed by atoms with E-state index in [1.165, 1.54) is 0 Å². The third-order valence-electron chi connectivity index (χ3n) is 5.64. The second kappa shape index (κ2) is 8.99. The Kier molecular flexibility index (Phi) is 5.97. The number of fused-ring (bicyclic) bond motifs is 1. The van der Waals surface area contributed by atoms with Crippen LogP contribution >= 0.6 is 0 Å². The number of nitrogens with zero attached hydrogens (tertiary/aromatic N) is 3. The van der Waals surface area contributed by atoms with Crippen molar-refractivity contribution >= 4 is 34.0 Å². The Hall–Kier alpha value is -3.68. The van der Waals surface area contributed by atoms with Gasteiger partial charge < -0.3 is 15.5 Å². The molecule has 4 rings (SSSR count). The molecule has 2 heterocycles. The molecule has 1 fully saturated rings. The summed E-state index contributed by atoms with van der Waals surface area (Å²) in [7, 11) is 0. The first-order valence-corrected chi connectivity index (χ1v) is 10.4. The number of nitro benzene ring substituents is 1.